The Morgan fingerprint density at radius 3 is 2.60 bits per heavy atom. The fourth-order valence-electron chi connectivity index (χ4n) is 2.50. The van der Waals surface area contributed by atoms with Gasteiger partial charge in [0, 0.05) is 13.5 Å². The van der Waals surface area contributed by atoms with Crippen LogP contribution in [0.25, 0.3) is 0 Å². The molecular weight excluding hydrogens is 260 g/mol. The van der Waals surface area contributed by atoms with E-state index in [0.717, 1.165) is 25.7 Å². The monoisotopic (exact) mass is 280 g/mol. The van der Waals surface area contributed by atoms with E-state index in [0.29, 0.717) is 11.5 Å². The molecule has 2 unspecified atom stereocenters. The molecule has 5 heteroatoms. The molecule has 0 amide bonds. The van der Waals surface area contributed by atoms with Crippen molar-refractivity contribution in [2.45, 2.75) is 37.9 Å². The van der Waals surface area contributed by atoms with Crippen molar-refractivity contribution >= 4 is 5.97 Å². The highest BCUT2D eigenvalue weighted by atomic mass is 16.5. The number of carboxylic acid groups (broad SMARTS) is 1. The maximum atomic E-state index is 11.0. The smallest absolute Gasteiger partial charge is 0.335 e. The summed E-state index contributed by atoms with van der Waals surface area (Å²) >= 11 is 0. The van der Waals surface area contributed by atoms with Gasteiger partial charge in [0.25, 0.3) is 0 Å². The summed E-state index contributed by atoms with van der Waals surface area (Å²) in [6.45, 7) is 0. The van der Waals surface area contributed by atoms with Crippen molar-refractivity contribution in [2.24, 2.45) is 0 Å². The minimum absolute atomic E-state index is 0.0339. The maximum absolute atomic E-state index is 11.0. The summed E-state index contributed by atoms with van der Waals surface area (Å²) in [4.78, 5) is 11.0. The molecule has 5 nitrogen and oxygen atoms in total. The van der Waals surface area contributed by atoms with E-state index in [1.54, 1.807) is 20.3 Å². The van der Waals surface area contributed by atoms with Crippen LogP contribution in [0.1, 0.15) is 36.0 Å². The van der Waals surface area contributed by atoms with Gasteiger partial charge in [-0.1, -0.05) is 0 Å². The quantitative estimate of drug-likeness (QED) is 0.898. The third-order valence-electron chi connectivity index (χ3n) is 3.62. The number of hydrogen-bond donors (Lipinski definition) is 1. The van der Waals surface area contributed by atoms with E-state index in [-0.39, 0.29) is 17.8 Å². The Kier molecular flexibility index (Phi) is 4.84. The Hall–Kier alpha value is -1.75. The van der Waals surface area contributed by atoms with Crippen molar-refractivity contribution in [3.63, 3.8) is 0 Å². The minimum Gasteiger partial charge on any atom is -0.493 e. The van der Waals surface area contributed by atoms with Crippen molar-refractivity contribution in [3.05, 3.63) is 23.8 Å². The van der Waals surface area contributed by atoms with Crippen molar-refractivity contribution in [1.29, 1.82) is 0 Å². The maximum Gasteiger partial charge on any atom is 0.335 e. The van der Waals surface area contributed by atoms with Crippen LogP contribution in [0.15, 0.2) is 18.2 Å². The van der Waals surface area contributed by atoms with Gasteiger partial charge in [-0.25, -0.2) is 4.79 Å². The summed E-state index contributed by atoms with van der Waals surface area (Å²) in [5.41, 5.74) is 0.194. The third-order valence-corrected chi connectivity index (χ3v) is 3.62. The Morgan fingerprint density at radius 2 is 1.95 bits per heavy atom. The molecule has 1 aromatic carbocycles. The number of ether oxygens (including phenoxy) is 3. The number of methoxy groups -OCH3 is 2. The standard InChI is InChI=1S/C15H20O5/c1-18-11-4-3-5-12(9-11)20-14-8-10(15(16)17)6-7-13(14)19-2/h6-8,11-12H,3-5,9H2,1-2H3,(H,16,17). The number of aromatic carboxylic acids is 1. The predicted octanol–water partition coefficient (Wildman–Crippen LogP) is 2.73. The summed E-state index contributed by atoms with van der Waals surface area (Å²) < 4.78 is 16.5. The Bertz CT molecular complexity index is 471. The van der Waals surface area contributed by atoms with Gasteiger partial charge in [-0.05, 0) is 37.5 Å². The van der Waals surface area contributed by atoms with Gasteiger partial charge in [-0.3, -0.25) is 0 Å². The zero-order valence-electron chi connectivity index (χ0n) is 11.8. The predicted molar refractivity (Wildman–Crippen MR) is 73.6 cm³/mol. The first-order chi connectivity index (χ1) is 9.63. The second kappa shape index (κ2) is 6.61. The first-order valence-corrected chi connectivity index (χ1v) is 6.74. The Labute approximate surface area is 118 Å². The lowest BCUT2D eigenvalue weighted by molar-refractivity contribution is 0.0201. The fourth-order valence-corrected chi connectivity index (χ4v) is 2.50. The normalized spacial score (nSPS) is 22.3. The molecule has 0 aliphatic heterocycles. The largest absolute Gasteiger partial charge is 0.493 e. The van der Waals surface area contributed by atoms with Gasteiger partial charge in [0.05, 0.1) is 18.8 Å². The van der Waals surface area contributed by atoms with E-state index in [4.69, 9.17) is 19.3 Å². The zero-order valence-corrected chi connectivity index (χ0v) is 11.8. The lowest BCUT2D eigenvalue weighted by Gasteiger charge is -2.29. The molecule has 20 heavy (non-hydrogen) atoms. The molecule has 1 aromatic rings. The van der Waals surface area contributed by atoms with Gasteiger partial charge in [0.15, 0.2) is 11.5 Å². The molecule has 1 aliphatic rings. The number of carbonyl (C=O) groups is 1. The van der Waals surface area contributed by atoms with Gasteiger partial charge in [-0.2, -0.15) is 0 Å². The van der Waals surface area contributed by atoms with Gasteiger partial charge in [0.2, 0.25) is 0 Å². The summed E-state index contributed by atoms with van der Waals surface area (Å²) in [7, 11) is 3.25. The SMILES string of the molecule is COc1ccc(C(=O)O)cc1OC1CCCC(OC)C1. The van der Waals surface area contributed by atoms with Crippen LogP contribution in [0.4, 0.5) is 0 Å². The van der Waals surface area contributed by atoms with Crippen LogP contribution in [-0.2, 0) is 4.74 Å². The molecule has 2 rings (SSSR count). The second-order valence-corrected chi connectivity index (χ2v) is 4.93. The summed E-state index contributed by atoms with van der Waals surface area (Å²) in [5, 5.41) is 9.04. The lowest BCUT2D eigenvalue weighted by atomic mass is 9.95. The van der Waals surface area contributed by atoms with Crippen molar-refractivity contribution in [1.82, 2.24) is 0 Å². The highest BCUT2D eigenvalue weighted by molar-refractivity contribution is 5.88. The molecule has 1 fully saturated rings. The Balaban J connectivity index is 2.14. The van der Waals surface area contributed by atoms with Gasteiger partial charge in [-0.15, -0.1) is 0 Å². The molecule has 0 bridgehead atoms. The third kappa shape index (κ3) is 3.42. The van der Waals surface area contributed by atoms with Gasteiger partial charge < -0.3 is 19.3 Å². The average Bonchev–Trinajstić information content (AvgIpc) is 2.47. The van der Waals surface area contributed by atoms with Crippen LogP contribution in [0.3, 0.4) is 0 Å². The molecule has 1 N–H and O–H groups in total. The first-order valence-electron chi connectivity index (χ1n) is 6.74. The van der Waals surface area contributed by atoms with Crippen molar-refractivity contribution < 1.29 is 24.1 Å². The number of hydrogen-bond acceptors (Lipinski definition) is 4. The summed E-state index contributed by atoms with van der Waals surface area (Å²) in [6.07, 6.45) is 4.10. The van der Waals surface area contributed by atoms with Crippen molar-refractivity contribution in [2.75, 3.05) is 14.2 Å². The highest BCUT2D eigenvalue weighted by Gasteiger charge is 2.24. The minimum atomic E-state index is -0.976. The molecule has 1 aliphatic carbocycles. The van der Waals surface area contributed by atoms with Crippen molar-refractivity contribution in [3.8, 4) is 11.5 Å². The van der Waals surface area contributed by atoms with E-state index in [2.05, 4.69) is 0 Å². The molecule has 0 saturated heterocycles. The number of benzene rings is 1. The molecule has 110 valence electrons. The van der Waals surface area contributed by atoms with E-state index in [9.17, 15) is 4.79 Å². The van der Waals surface area contributed by atoms with Crippen LogP contribution < -0.4 is 9.47 Å². The first kappa shape index (κ1) is 14.7. The van der Waals surface area contributed by atoms with Crippen LogP contribution in [-0.4, -0.2) is 37.5 Å². The molecule has 2 atom stereocenters. The van der Waals surface area contributed by atoms with Crippen LogP contribution in [0.2, 0.25) is 0 Å². The molecule has 0 aromatic heterocycles. The van der Waals surface area contributed by atoms with Crippen LogP contribution >= 0.6 is 0 Å². The highest BCUT2D eigenvalue weighted by Crippen LogP contribution is 2.32. The van der Waals surface area contributed by atoms with E-state index in [1.165, 1.54) is 12.1 Å². The molecule has 0 spiro atoms. The number of carboxylic acids is 1. The Morgan fingerprint density at radius 1 is 1.20 bits per heavy atom. The molecule has 1 saturated carbocycles. The second-order valence-electron chi connectivity index (χ2n) is 4.93. The van der Waals surface area contributed by atoms with E-state index >= 15 is 0 Å². The van der Waals surface area contributed by atoms with Crippen LogP contribution in [0.5, 0.6) is 11.5 Å². The average molecular weight is 280 g/mol. The number of rotatable bonds is 5. The van der Waals surface area contributed by atoms with E-state index < -0.39 is 5.97 Å². The summed E-state index contributed by atoms with van der Waals surface area (Å²) in [6, 6.07) is 4.64. The lowest BCUT2D eigenvalue weighted by Crippen LogP contribution is -2.29. The fraction of sp³-hybridized carbons (Fsp3) is 0.533. The van der Waals surface area contributed by atoms with Crippen LogP contribution in [0, 0.1) is 0 Å². The molecule has 0 heterocycles. The van der Waals surface area contributed by atoms with E-state index in [1.807, 2.05) is 0 Å². The molecule has 0 radical (unpaired) electrons. The topological polar surface area (TPSA) is 65.0 Å². The summed E-state index contributed by atoms with van der Waals surface area (Å²) in [5.74, 6) is 0.0552. The zero-order chi connectivity index (χ0) is 14.5. The van der Waals surface area contributed by atoms with Gasteiger partial charge in [0.1, 0.15) is 6.10 Å². The van der Waals surface area contributed by atoms with Gasteiger partial charge >= 0.3 is 5.97 Å². The molecular formula is C15H20O5.